The van der Waals surface area contributed by atoms with Crippen LogP contribution in [-0.4, -0.2) is 21.8 Å². The molecule has 0 unspecified atom stereocenters. The van der Waals surface area contributed by atoms with Crippen LogP contribution >= 0.6 is 0 Å². The van der Waals surface area contributed by atoms with Crippen molar-refractivity contribution in [3.05, 3.63) is 63.7 Å². The molecular weight excluding hydrogens is 300 g/mol. The molecule has 2 rings (SSSR count). The molecule has 1 atom stereocenters. The first kappa shape index (κ1) is 16.4. The van der Waals surface area contributed by atoms with Crippen LogP contribution in [0.2, 0.25) is 0 Å². The smallest absolute Gasteiger partial charge is 0.348 e. The highest BCUT2D eigenvalue weighted by atomic mass is 16.4. The number of aryl methyl sites for hydroxylation is 1. The zero-order valence-corrected chi connectivity index (χ0v) is 12.6. The zero-order valence-electron chi connectivity index (χ0n) is 12.6. The summed E-state index contributed by atoms with van der Waals surface area (Å²) >= 11 is 0. The summed E-state index contributed by atoms with van der Waals surface area (Å²) in [5, 5.41) is 23.4. The number of hydrogen-bond acceptors (Lipinski definition) is 6. The first-order valence-electron chi connectivity index (χ1n) is 6.81. The molecule has 1 aromatic heterocycles. The standard InChI is InChI=1S/C16H16N2O5/c1-9-8-12(19)13(16(22)23-9)10(2)17-18-15(21)14(20)11-6-4-3-5-7-11/h3-8,14,19-20H,1-2H3,(H,18,21)/b17-10-/t14-/m0/s1. The molecule has 0 saturated carbocycles. The van der Waals surface area contributed by atoms with Crippen LogP contribution in [0.5, 0.6) is 5.75 Å². The van der Waals surface area contributed by atoms with Crippen molar-refractivity contribution in [3.8, 4) is 5.75 Å². The summed E-state index contributed by atoms with van der Waals surface area (Å²) in [7, 11) is 0. The lowest BCUT2D eigenvalue weighted by Gasteiger charge is -2.09. The second-order valence-electron chi connectivity index (χ2n) is 4.89. The first-order valence-corrected chi connectivity index (χ1v) is 6.81. The molecule has 2 aromatic rings. The van der Waals surface area contributed by atoms with Crippen molar-refractivity contribution in [3.63, 3.8) is 0 Å². The number of amides is 1. The van der Waals surface area contributed by atoms with E-state index in [1.165, 1.54) is 19.9 Å². The van der Waals surface area contributed by atoms with E-state index < -0.39 is 17.6 Å². The van der Waals surface area contributed by atoms with Crippen LogP contribution < -0.4 is 11.1 Å². The highest BCUT2D eigenvalue weighted by molar-refractivity contribution is 6.01. The fourth-order valence-corrected chi connectivity index (χ4v) is 1.97. The van der Waals surface area contributed by atoms with Gasteiger partial charge in [-0.2, -0.15) is 5.10 Å². The monoisotopic (exact) mass is 316 g/mol. The predicted octanol–water partition coefficient (Wildman–Crippen LogP) is 1.23. The number of hydrogen-bond donors (Lipinski definition) is 3. The number of carbonyl (C=O) groups is 1. The van der Waals surface area contributed by atoms with Crippen molar-refractivity contribution < 1.29 is 19.4 Å². The maximum Gasteiger partial charge on any atom is 0.348 e. The Morgan fingerprint density at radius 2 is 1.96 bits per heavy atom. The normalized spacial score (nSPS) is 12.7. The second-order valence-corrected chi connectivity index (χ2v) is 4.89. The lowest BCUT2D eigenvalue weighted by Crippen LogP contribution is -2.27. The molecule has 120 valence electrons. The number of aliphatic hydroxyl groups is 1. The van der Waals surface area contributed by atoms with Crippen molar-refractivity contribution in [2.75, 3.05) is 0 Å². The number of nitrogens with one attached hydrogen (secondary N) is 1. The number of aromatic hydroxyl groups is 1. The molecule has 0 aliphatic heterocycles. The van der Waals surface area contributed by atoms with Gasteiger partial charge >= 0.3 is 5.63 Å². The summed E-state index contributed by atoms with van der Waals surface area (Å²) in [5.74, 6) is -0.794. The van der Waals surface area contributed by atoms with Gasteiger partial charge in [-0.25, -0.2) is 10.2 Å². The van der Waals surface area contributed by atoms with Crippen molar-refractivity contribution in [1.29, 1.82) is 0 Å². The van der Waals surface area contributed by atoms with E-state index in [2.05, 4.69) is 10.5 Å². The maximum absolute atomic E-state index is 11.9. The summed E-state index contributed by atoms with van der Waals surface area (Å²) < 4.78 is 4.88. The summed E-state index contributed by atoms with van der Waals surface area (Å²) in [6.45, 7) is 2.95. The second kappa shape index (κ2) is 6.89. The number of nitrogens with zero attached hydrogens (tertiary/aromatic N) is 1. The molecule has 1 amide bonds. The van der Waals surface area contributed by atoms with Crippen molar-refractivity contribution >= 4 is 11.6 Å². The fraction of sp³-hybridized carbons (Fsp3) is 0.188. The number of rotatable bonds is 4. The minimum Gasteiger partial charge on any atom is -0.507 e. The van der Waals surface area contributed by atoms with Crippen LogP contribution in [0.25, 0.3) is 0 Å². The third kappa shape index (κ3) is 3.83. The largest absolute Gasteiger partial charge is 0.507 e. The molecule has 7 nitrogen and oxygen atoms in total. The van der Waals surface area contributed by atoms with Gasteiger partial charge in [0, 0.05) is 6.07 Å². The van der Waals surface area contributed by atoms with Crippen LogP contribution in [0.15, 0.2) is 50.7 Å². The van der Waals surface area contributed by atoms with Gasteiger partial charge in [0.2, 0.25) is 0 Å². The average molecular weight is 316 g/mol. The number of carbonyl (C=O) groups excluding carboxylic acids is 1. The molecule has 0 fully saturated rings. The third-order valence-corrected chi connectivity index (χ3v) is 3.11. The van der Waals surface area contributed by atoms with Crippen LogP contribution in [0.1, 0.15) is 29.9 Å². The Hall–Kier alpha value is -2.93. The fourth-order valence-electron chi connectivity index (χ4n) is 1.97. The molecule has 3 N–H and O–H groups in total. The van der Waals surface area contributed by atoms with Gasteiger partial charge in [0.1, 0.15) is 17.1 Å². The van der Waals surface area contributed by atoms with E-state index in [0.29, 0.717) is 5.56 Å². The molecule has 0 aliphatic rings. The molecule has 23 heavy (non-hydrogen) atoms. The summed E-state index contributed by atoms with van der Waals surface area (Å²) in [5.41, 5.74) is 1.72. The van der Waals surface area contributed by atoms with E-state index in [1.807, 2.05) is 0 Å². The quantitative estimate of drug-likeness (QED) is 0.580. The van der Waals surface area contributed by atoms with E-state index in [0.717, 1.165) is 0 Å². The van der Waals surface area contributed by atoms with E-state index in [9.17, 15) is 19.8 Å². The molecule has 0 spiro atoms. The lowest BCUT2D eigenvalue weighted by molar-refractivity contribution is -0.129. The number of aliphatic hydroxyl groups excluding tert-OH is 1. The van der Waals surface area contributed by atoms with Crippen molar-refractivity contribution in [2.45, 2.75) is 20.0 Å². The Kier molecular flexibility index (Phi) is 4.92. The highest BCUT2D eigenvalue weighted by Crippen LogP contribution is 2.15. The Labute approximate surface area is 131 Å². The van der Waals surface area contributed by atoms with Gasteiger partial charge in [-0.05, 0) is 19.4 Å². The minimum atomic E-state index is -1.39. The lowest BCUT2D eigenvalue weighted by atomic mass is 10.1. The maximum atomic E-state index is 11.9. The molecular formula is C16H16N2O5. The molecule has 0 saturated heterocycles. The Bertz CT molecular complexity index is 796. The zero-order chi connectivity index (χ0) is 17.0. The Balaban J connectivity index is 2.17. The topological polar surface area (TPSA) is 112 Å². The van der Waals surface area contributed by atoms with Crippen molar-refractivity contribution in [1.82, 2.24) is 5.43 Å². The van der Waals surface area contributed by atoms with Gasteiger partial charge in [0.25, 0.3) is 5.91 Å². The van der Waals surface area contributed by atoms with E-state index in [1.54, 1.807) is 30.3 Å². The molecule has 0 radical (unpaired) electrons. The molecule has 1 aromatic carbocycles. The van der Waals surface area contributed by atoms with Gasteiger partial charge in [-0.15, -0.1) is 0 Å². The summed E-state index contributed by atoms with van der Waals surface area (Å²) in [4.78, 5) is 23.6. The van der Waals surface area contributed by atoms with Crippen molar-refractivity contribution in [2.24, 2.45) is 5.10 Å². The highest BCUT2D eigenvalue weighted by Gasteiger charge is 2.18. The van der Waals surface area contributed by atoms with Gasteiger partial charge in [0.05, 0.1) is 5.71 Å². The molecule has 7 heteroatoms. The summed E-state index contributed by atoms with van der Waals surface area (Å²) in [6.07, 6.45) is -1.39. The average Bonchev–Trinajstić information content (AvgIpc) is 2.51. The van der Waals surface area contributed by atoms with Crippen LogP contribution in [0.4, 0.5) is 0 Å². The van der Waals surface area contributed by atoms with Gasteiger partial charge in [-0.1, -0.05) is 30.3 Å². The molecule has 0 bridgehead atoms. The van der Waals surface area contributed by atoms with Gasteiger partial charge in [0.15, 0.2) is 6.10 Å². The molecule has 1 heterocycles. The number of benzene rings is 1. The Morgan fingerprint density at radius 3 is 2.57 bits per heavy atom. The first-order chi connectivity index (χ1) is 10.9. The van der Waals surface area contributed by atoms with Crippen LogP contribution in [0, 0.1) is 6.92 Å². The van der Waals surface area contributed by atoms with Gasteiger partial charge < -0.3 is 14.6 Å². The van der Waals surface area contributed by atoms with Gasteiger partial charge in [-0.3, -0.25) is 4.79 Å². The predicted molar refractivity (Wildman–Crippen MR) is 83.1 cm³/mol. The SMILES string of the molecule is C/C(=N/NC(=O)[C@@H](O)c1ccccc1)c1c(O)cc(C)oc1=O. The van der Waals surface area contributed by atoms with E-state index in [-0.39, 0.29) is 22.8 Å². The van der Waals surface area contributed by atoms with E-state index >= 15 is 0 Å². The van der Waals surface area contributed by atoms with Crippen LogP contribution in [0.3, 0.4) is 0 Å². The number of hydrazone groups is 1. The third-order valence-electron chi connectivity index (χ3n) is 3.11. The van der Waals surface area contributed by atoms with Crippen LogP contribution in [-0.2, 0) is 4.79 Å². The van der Waals surface area contributed by atoms with E-state index in [4.69, 9.17) is 4.42 Å². The summed E-state index contributed by atoms with van der Waals surface area (Å²) in [6, 6.07) is 9.61. The Morgan fingerprint density at radius 1 is 1.30 bits per heavy atom. The minimum absolute atomic E-state index is 0.0601. The molecule has 0 aliphatic carbocycles.